The van der Waals surface area contributed by atoms with Crippen molar-refractivity contribution >= 4 is 29.3 Å². The average molecular weight is 382 g/mol. The molecule has 4 amide bonds. The summed E-state index contributed by atoms with van der Waals surface area (Å²) in [4.78, 5) is 52.4. The summed E-state index contributed by atoms with van der Waals surface area (Å²) >= 11 is 0. The molecule has 0 radical (unpaired) electrons. The second kappa shape index (κ2) is 6.13. The summed E-state index contributed by atoms with van der Waals surface area (Å²) in [6.45, 7) is 1.60. The molecule has 4 aliphatic rings. The maximum atomic E-state index is 12.9. The van der Waals surface area contributed by atoms with Gasteiger partial charge in [-0.15, -0.1) is 0 Å². The number of piperidine rings is 1. The Bertz CT molecular complexity index is 909. The molecule has 3 N–H and O–H groups in total. The van der Waals surface area contributed by atoms with Crippen molar-refractivity contribution in [2.75, 3.05) is 18.0 Å². The van der Waals surface area contributed by atoms with Crippen LogP contribution in [0.5, 0.6) is 0 Å². The van der Waals surface area contributed by atoms with Gasteiger partial charge in [0, 0.05) is 31.2 Å². The molecule has 1 aromatic rings. The van der Waals surface area contributed by atoms with Crippen LogP contribution in [0.25, 0.3) is 0 Å². The number of carbonyl (C=O) groups is 4. The number of nitrogens with one attached hydrogen (secondary N) is 1. The maximum absolute atomic E-state index is 12.9. The van der Waals surface area contributed by atoms with Crippen LogP contribution in [0.1, 0.15) is 46.4 Å². The van der Waals surface area contributed by atoms with E-state index in [1.54, 1.807) is 12.1 Å². The molecule has 1 aromatic carbocycles. The molecule has 5 rings (SSSR count). The lowest BCUT2D eigenvalue weighted by Crippen LogP contribution is -2.54. The van der Waals surface area contributed by atoms with E-state index in [2.05, 4.69) is 10.2 Å². The van der Waals surface area contributed by atoms with Crippen LogP contribution in [0.2, 0.25) is 0 Å². The topological polar surface area (TPSA) is 113 Å². The zero-order chi connectivity index (χ0) is 19.6. The van der Waals surface area contributed by atoms with Crippen molar-refractivity contribution in [3.8, 4) is 0 Å². The van der Waals surface area contributed by atoms with Crippen molar-refractivity contribution in [1.82, 2.24) is 10.2 Å². The largest absolute Gasteiger partial charge is 0.370 e. The first-order valence-corrected chi connectivity index (χ1v) is 9.80. The highest BCUT2D eigenvalue weighted by atomic mass is 16.2. The van der Waals surface area contributed by atoms with Crippen LogP contribution >= 0.6 is 0 Å². The smallest absolute Gasteiger partial charge is 0.262 e. The van der Waals surface area contributed by atoms with Crippen molar-refractivity contribution < 1.29 is 19.2 Å². The predicted molar refractivity (Wildman–Crippen MR) is 99.5 cm³/mol. The Hall–Kier alpha value is -2.74. The normalized spacial score (nSPS) is 30.1. The number of nitrogens with zero attached hydrogens (tertiary/aromatic N) is 2. The van der Waals surface area contributed by atoms with Crippen LogP contribution in [-0.4, -0.2) is 53.7 Å². The van der Waals surface area contributed by atoms with Crippen LogP contribution < -0.4 is 16.0 Å². The summed E-state index contributed by atoms with van der Waals surface area (Å²) in [7, 11) is 0. The molecular formula is C20H22N4O4. The standard InChI is InChI=1S/C20H22N4O4/c21-15-9-23(8-14(15)10-1-2-10)11-3-4-12-13(7-11)20(28)24(19(12)27)16-5-6-17(25)22-18(16)26/h3-4,7,10,14-16H,1-2,5-6,8-9,21H2,(H,22,25,26)/t14-,15+,16?/m0/s1. The lowest BCUT2D eigenvalue weighted by Gasteiger charge is -2.27. The number of carbonyl (C=O) groups excluding carboxylic acids is 4. The van der Waals surface area contributed by atoms with E-state index in [1.165, 1.54) is 12.8 Å². The van der Waals surface area contributed by atoms with E-state index < -0.39 is 23.8 Å². The number of amides is 4. The number of benzene rings is 1. The molecule has 3 aliphatic heterocycles. The SMILES string of the molecule is N[C@@H]1CN(c2ccc3c(c2)C(=O)N(C2CCC(=O)NC2=O)C3=O)C[C@H]1C1CC1. The molecule has 146 valence electrons. The Morgan fingerprint density at radius 1 is 0.964 bits per heavy atom. The third kappa shape index (κ3) is 2.63. The van der Waals surface area contributed by atoms with Crippen LogP contribution in [0, 0.1) is 11.8 Å². The molecule has 1 unspecified atom stereocenters. The summed E-state index contributed by atoms with van der Waals surface area (Å²) in [5.74, 6) is -0.737. The number of hydrogen-bond acceptors (Lipinski definition) is 6. The molecular weight excluding hydrogens is 360 g/mol. The number of hydrogen-bond donors (Lipinski definition) is 2. The minimum atomic E-state index is -0.937. The first-order valence-electron chi connectivity index (χ1n) is 9.80. The Morgan fingerprint density at radius 2 is 1.71 bits per heavy atom. The highest BCUT2D eigenvalue weighted by Gasteiger charge is 2.45. The average Bonchev–Trinajstić information content (AvgIpc) is 3.39. The van der Waals surface area contributed by atoms with Crippen molar-refractivity contribution in [2.45, 2.75) is 37.8 Å². The first kappa shape index (κ1) is 17.4. The van der Waals surface area contributed by atoms with E-state index in [4.69, 9.17) is 5.73 Å². The van der Waals surface area contributed by atoms with Gasteiger partial charge < -0.3 is 10.6 Å². The van der Waals surface area contributed by atoms with Gasteiger partial charge in [0.15, 0.2) is 0 Å². The molecule has 0 bridgehead atoms. The quantitative estimate of drug-likeness (QED) is 0.725. The molecule has 0 spiro atoms. The lowest BCUT2D eigenvalue weighted by atomic mass is 9.99. The second-order valence-corrected chi connectivity index (χ2v) is 8.25. The first-order chi connectivity index (χ1) is 13.4. The summed E-state index contributed by atoms with van der Waals surface area (Å²) in [5, 5.41) is 2.21. The fourth-order valence-corrected chi connectivity index (χ4v) is 4.74. The van der Waals surface area contributed by atoms with Gasteiger partial charge in [-0.3, -0.25) is 29.4 Å². The zero-order valence-corrected chi connectivity index (χ0v) is 15.4. The second-order valence-electron chi connectivity index (χ2n) is 8.25. The van der Waals surface area contributed by atoms with Crippen molar-refractivity contribution in [2.24, 2.45) is 17.6 Å². The van der Waals surface area contributed by atoms with Gasteiger partial charge >= 0.3 is 0 Å². The third-order valence-electron chi connectivity index (χ3n) is 6.43. The van der Waals surface area contributed by atoms with E-state index in [0.717, 1.165) is 23.7 Å². The van der Waals surface area contributed by atoms with Gasteiger partial charge in [0.2, 0.25) is 11.8 Å². The summed E-state index contributed by atoms with van der Waals surface area (Å²) < 4.78 is 0. The molecule has 0 aromatic heterocycles. The Kier molecular flexibility index (Phi) is 3.80. The van der Waals surface area contributed by atoms with E-state index in [1.807, 2.05) is 6.07 Å². The number of nitrogens with two attached hydrogens (primary N) is 1. The number of rotatable bonds is 3. The van der Waals surface area contributed by atoms with Crippen LogP contribution in [0.3, 0.4) is 0 Å². The van der Waals surface area contributed by atoms with Crippen LogP contribution in [0.15, 0.2) is 18.2 Å². The van der Waals surface area contributed by atoms with Crippen molar-refractivity contribution in [1.29, 1.82) is 0 Å². The summed E-state index contributed by atoms with van der Waals surface area (Å²) in [6, 6.07) is 4.43. The van der Waals surface area contributed by atoms with Crippen LogP contribution in [-0.2, 0) is 9.59 Å². The highest BCUT2D eigenvalue weighted by Crippen LogP contribution is 2.42. The molecule has 1 aliphatic carbocycles. The van der Waals surface area contributed by atoms with Gasteiger partial charge in [0.25, 0.3) is 11.8 Å². The van der Waals surface area contributed by atoms with Gasteiger partial charge in [-0.25, -0.2) is 0 Å². The predicted octanol–water partition coefficient (Wildman–Crippen LogP) is 0.261. The number of imide groups is 2. The fraction of sp³-hybridized carbons (Fsp3) is 0.500. The number of anilines is 1. The van der Waals surface area contributed by atoms with Gasteiger partial charge in [-0.05, 0) is 49.3 Å². The maximum Gasteiger partial charge on any atom is 0.262 e. The number of fused-ring (bicyclic) bond motifs is 1. The monoisotopic (exact) mass is 382 g/mol. The Labute approximate surface area is 162 Å². The minimum absolute atomic E-state index is 0.114. The molecule has 28 heavy (non-hydrogen) atoms. The molecule has 8 heteroatoms. The van der Waals surface area contributed by atoms with Gasteiger partial charge in [-0.1, -0.05) is 0 Å². The molecule has 3 heterocycles. The fourth-order valence-electron chi connectivity index (χ4n) is 4.74. The van der Waals surface area contributed by atoms with E-state index in [0.29, 0.717) is 23.0 Å². The van der Waals surface area contributed by atoms with Gasteiger partial charge in [-0.2, -0.15) is 0 Å². The highest BCUT2D eigenvalue weighted by molar-refractivity contribution is 6.23. The molecule has 8 nitrogen and oxygen atoms in total. The molecule has 1 saturated carbocycles. The Balaban J connectivity index is 1.40. The van der Waals surface area contributed by atoms with Gasteiger partial charge in [0.05, 0.1) is 11.1 Å². The minimum Gasteiger partial charge on any atom is -0.370 e. The van der Waals surface area contributed by atoms with Crippen molar-refractivity contribution in [3.05, 3.63) is 29.3 Å². The van der Waals surface area contributed by atoms with Crippen LogP contribution in [0.4, 0.5) is 5.69 Å². The molecule has 3 fully saturated rings. The zero-order valence-electron chi connectivity index (χ0n) is 15.4. The summed E-state index contributed by atoms with van der Waals surface area (Å²) in [6.07, 6.45) is 2.75. The third-order valence-corrected chi connectivity index (χ3v) is 6.43. The van der Waals surface area contributed by atoms with Crippen molar-refractivity contribution in [3.63, 3.8) is 0 Å². The van der Waals surface area contributed by atoms with Gasteiger partial charge in [0.1, 0.15) is 6.04 Å². The van der Waals surface area contributed by atoms with E-state index >= 15 is 0 Å². The summed E-state index contributed by atoms with van der Waals surface area (Å²) in [5.41, 5.74) is 7.81. The molecule has 3 atom stereocenters. The van der Waals surface area contributed by atoms with E-state index in [9.17, 15) is 19.2 Å². The Morgan fingerprint density at radius 3 is 2.43 bits per heavy atom. The van der Waals surface area contributed by atoms with E-state index in [-0.39, 0.29) is 24.8 Å². The molecule has 2 saturated heterocycles. The lowest BCUT2D eigenvalue weighted by molar-refractivity contribution is -0.136.